The topological polar surface area (TPSA) is 90.7 Å². The Balaban J connectivity index is 3.01. The van der Waals surface area contributed by atoms with Crippen molar-refractivity contribution in [3.63, 3.8) is 0 Å². The lowest BCUT2D eigenvalue weighted by atomic mass is 10.1. The van der Waals surface area contributed by atoms with Crippen LogP contribution >= 0.6 is 0 Å². The van der Waals surface area contributed by atoms with Crippen LogP contribution in [0.2, 0.25) is 0 Å². The molecule has 22 heavy (non-hydrogen) atoms. The van der Waals surface area contributed by atoms with Crippen molar-refractivity contribution in [1.82, 2.24) is 0 Å². The third-order valence-corrected chi connectivity index (χ3v) is 2.13. The highest BCUT2D eigenvalue weighted by atomic mass is 19.4. The van der Waals surface area contributed by atoms with Gasteiger partial charge in [-0.15, -0.1) is 13.2 Å². The lowest BCUT2D eigenvalue weighted by molar-refractivity contribution is -0.274. The van der Waals surface area contributed by atoms with Gasteiger partial charge in [-0.2, -0.15) is 0 Å². The Kier molecular flexibility index (Phi) is 4.90. The highest BCUT2D eigenvalue weighted by Gasteiger charge is 2.31. The normalized spacial score (nSPS) is 11.7. The largest absolute Gasteiger partial charge is 0.573 e. The molecule has 0 heterocycles. The summed E-state index contributed by atoms with van der Waals surface area (Å²) >= 11 is 0. The number of primary amides is 1. The molecule has 0 fully saturated rings. The first-order valence-corrected chi connectivity index (χ1v) is 6.07. The van der Waals surface area contributed by atoms with Crippen molar-refractivity contribution in [2.75, 3.05) is 5.32 Å². The van der Waals surface area contributed by atoms with Crippen LogP contribution in [-0.2, 0) is 4.74 Å². The SMILES string of the molecule is CC(C)(C)OC(=O)Nc1ccc(OC(F)(F)F)cc1C(N)=O. The number of halogens is 3. The summed E-state index contributed by atoms with van der Waals surface area (Å²) in [5.41, 5.74) is 3.87. The lowest BCUT2D eigenvalue weighted by Gasteiger charge is -2.20. The minimum absolute atomic E-state index is 0.0868. The van der Waals surface area contributed by atoms with E-state index in [-0.39, 0.29) is 11.3 Å². The average Bonchev–Trinajstić information content (AvgIpc) is 2.26. The maximum atomic E-state index is 12.1. The molecule has 0 atom stereocenters. The summed E-state index contributed by atoms with van der Waals surface area (Å²) in [5.74, 6) is -1.66. The number of nitrogens with one attached hydrogen (secondary N) is 1. The molecular formula is C13H15F3N2O4. The molecule has 1 rings (SSSR count). The van der Waals surface area contributed by atoms with E-state index in [1.807, 2.05) is 0 Å². The van der Waals surface area contributed by atoms with Crippen molar-refractivity contribution in [2.24, 2.45) is 5.73 Å². The number of amides is 2. The van der Waals surface area contributed by atoms with Crippen molar-refractivity contribution < 1.29 is 32.2 Å². The van der Waals surface area contributed by atoms with Gasteiger partial charge in [0.05, 0.1) is 11.3 Å². The predicted molar refractivity (Wildman–Crippen MR) is 71.5 cm³/mol. The van der Waals surface area contributed by atoms with Crippen LogP contribution in [0, 0.1) is 0 Å². The van der Waals surface area contributed by atoms with Crippen LogP contribution in [0.1, 0.15) is 31.1 Å². The molecule has 0 saturated carbocycles. The van der Waals surface area contributed by atoms with Crippen LogP contribution in [0.15, 0.2) is 18.2 Å². The highest BCUT2D eigenvalue weighted by Crippen LogP contribution is 2.27. The Morgan fingerprint density at radius 1 is 1.18 bits per heavy atom. The second kappa shape index (κ2) is 6.12. The maximum absolute atomic E-state index is 12.1. The van der Waals surface area contributed by atoms with Gasteiger partial charge in [0.2, 0.25) is 0 Å². The second-order valence-corrected chi connectivity index (χ2v) is 5.25. The molecule has 0 unspecified atom stereocenters. The smallest absolute Gasteiger partial charge is 0.444 e. The van der Waals surface area contributed by atoms with Gasteiger partial charge in [0.1, 0.15) is 11.4 Å². The first kappa shape index (κ1) is 17.6. The van der Waals surface area contributed by atoms with E-state index in [0.29, 0.717) is 0 Å². The van der Waals surface area contributed by atoms with Gasteiger partial charge in [0, 0.05) is 0 Å². The molecule has 0 saturated heterocycles. The molecule has 0 aliphatic rings. The number of alkyl halides is 3. The summed E-state index contributed by atoms with van der Waals surface area (Å²) in [4.78, 5) is 22.9. The molecule has 0 bridgehead atoms. The Morgan fingerprint density at radius 2 is 1.77 bits per heavy atom. The Bertz CT molecular complexity index is 580. The molecule has 122 valence electrons. The highest BCUT2D eigenvalue weighted by molar-refractivity contribution is 6.02. The van der Waals surface area contributed by atoms with Gasteiger partial charge in [-0.1, -0.05) is 0 Å². The third-order valence-electron chi connectivity index (χ3n) is 2.13. The van der Waals surface area contributed by atoms with E-state index in [2.05, 4.69) is 10.1 Å². The fourth-order valence-electron chi connectivity index (χ4n) is 1.45. The van der Waals surface area contributed by atoms with Crippen molar-refractivity contribution in [3.8, 4) is 5.75 Å². The Labute approximate surface area is 124 Å². The summed E-state index contributed by atoms with van der Waals surface area (Å²) in [6, 6.07) is 2.78. The maximum Gasteiger partial charge on any atom is 0.573 e. The molecule has 0 aromatic heterocycles. The summed E-state index contributed by atoms with van der Waals surface area (Å²) in [5, 5.41) is 2.24. The van der Waals surface area contributed by atoms with E-state index in [9.17, 15) is 22.8 Å². The van der Waals surface area contributed by atoms with Crippen LogP contribution in [0.5, 0.6) is 5.75 Å². The zero-order valence-electron chi connectivity index (χ0n) is 12.1. The second-order valence-electron chi connectivity index (χ2n) is 5.25. The quantitative estimate of drug-likeness (QED) is 0.895. The van der Waals surface area contributed by atoms with Gasteiger partial charge < -0.3 is 15.2 Å². The van der Waals surface area contributed by atoms with E-state index in [1.54, 1.807) is 20.8 Å². The number of ether oxygens (including phenoxy) is 2. The minimum Gasteiger partial charge on any atom is -0.444 e. The molecule has 2 amide bonds. The van der Waals surface area contributed by atoms with E-state index in [0.717, 1.165) is 18.2 Å². The number of hydrogen-bond donors (Lipinski definition) is 2. The van der Waals surface area contributed by atoms with Crippen molar-refractivity contribution in [2.45, 2.75) is 32.7 Å². The Morgan fingerprint density at radius 3 is 2.23 bits per heavy atom. The van der Waals surface area contributed by atoms with Crippen molar-refractivity contribution in [1.29, 1.82) is 0 Å². The van der Waals surface area contributed by atoms with Crippen molar-refractivity contribution >= 4 is 17.7 Å². The van der Waals surface area contributed by atoms with Crippen molar-refractivity contribution in [3.05, 3.63) is 23.8 Å². The van der Waals surface area contributed by atoms with E-state index < -0.39 is 29.7 Å². The van der Waals surface area contributed by atoms with E-state index in [1.165, 1.54) is 0 Å². The van der Waals surface area contributed by atoms with Gasteiger partial charge in [0.15, 0.2) is 0 Å². The van der Waals surface area contributed by atoms with Crippen LogP contribution in [0.25, 0.3) is 0 Å². The molecule has 9 heteroatoms. The molecule has 1 aromatic carbocycles. The van der Waals surface area contributed by atoms with Gasteiger partial charge >= 0.3 is 12.5 Å². The summed E-state index contributed by atoms with van der Waals surface area (Å²) < 4.78 is 45.1. The Hall–Kier alpha value is -2.45. The number of anilines is 1. The van der Waals surface area contributed by atoms with Crippen LogP contribution in [0.4, 0.5) is 23.7 Å². The fraction of sp³-hybridized carbons (Fsp3) is 0.385. The minimum atomic E-state index is -4.91. The van der Waals surface area contributed by atoms with Gasteiger partial charge in [0.25, 0.3) is 5.91 Å². The molecule has 0 aliphatic heterocycles. The summed E-state index contributed by atoms with van der Waals surface area (Å²) in [7, 11) is 0. The lowest BCUT2D eigenvalue weighted by Crippen LogP contribution is -2.28. The van der Waals surface area contributed by atoms with Crippen LogP contribution < -0.4 is 15.8 Å². The molecule has 0 radical (unpaired) electrons. The number of benzene rings is 1. The zero-order valence-corrected chi connectivity index (χ0v) is 12.1. The zero-order chi connectivity index (χ0) is 17.1. The molecule has 0 aliphatic carbocycles. The monoisotopic (exact) mass is 320 g/mol. The molecular weight excluding hydrogens is 305 g/mol. The number of hydrogen-bond acceptors (Lipinski definition) is 4. The fourth-order valence-corrected chi connectivity index (χ4v) is 1.45. The number of carbonyl (C=O) groups is 2. The number of nitrogens with two attached hydrogens (primary N) is 1. The first-order valence-electron chi connectivity index (χ1n) is 6.07. The summed E-state index contributed by atoms with van der Waals surface area (Å²) in [6.45, 7) is 4.88. The first-order chi connectivity index (χ1) is 9.87. The average molecular weight is 320 g/mol. The van der Waals surface area contributed by atoms with E-state index >= 15 is 0 Å². The van der Waals surface area contributed by atoms with Gasteiger partial charge in [-0.05, 0) is 39.0 Å². The van der Waals surface area contributed by atoms with E-state index in [4.69, 9.17) is 10.5 Å². The number of carbonyl (C=O) groups excluding carboxylic acids is 2. The molecule has 6 nitrogen and oxygen atoms in total. The predicted octanol–water partition coefficient (Wildman–Crippen LogP) is 3.03. The summed E-state index contributed by atoms with van der Waals surface area (Å²) in [6.07, 6.45) is -5.78. The third kappa shape index (κ3) is 5.90. The van der Waals surface area contributed by atoms with Crippen LogP contribution in [0.3, 0.4) is 0 Å². The van der Waals surface area contributed by atoms with Crippen LogP contribution in [-0.4, -0.2) is 24.0 Å². The number of rotatable bonds is 3. The van der Waals surface area contributed by atoms with Gasteiger partial charge in [-0.3, -0.25) is 10.1 Å². The molecule has 1 aromatic rings. The molecule has 3 N–H and O–H groups in total. The standard InChI is InChI=1S/C13H15F3N2O4/c1-12(2,3)22-11(20)18-9-5-4-7(21-13(14,15)16)6-8(9)10(17)19/h4-6H,1-3H3,(H2,17,19)(H,18,20). The molecule has 0 spiro atoms. The van der Waals surface area contributed by atoms with Gasteiger partial charge in [-0.25, -0.2) is 4.79 Å².